The van der Waals surface area contributed by atoms with Crippen LogP contribution in [0.3, 0.4) is 0 Å². The fourth-order valence-electron chi connectivity index (χ4n) is 5.36. The van der Waals surface area contributed by atoms with Gasteiger partial charge in [-0.15, -0.1) is 0 Å². The second-order valence-electron chi connectivity index (χ2n) is 14.9. The van der Waals surface area contributed by atoms with Crippen molar-refractivity contribution in [2.75, 3.05) is 22.9 Å². The summed E-state index contributed by atoms with van der Waals surface area (Å²) in [4.78, 5) is 33.2. The zero-order chi connectivity index (χ0) is 35.8. The predicted octanol–water partition coefficient (Wildman–Crippen LogP) is 7.94. The maximum absolute atomic E-state index is 14.8. The molecule has 0 aliphatic carbocycles. The number of hydrogen-bond donors (Lipinski definition) is 2. The Morgan fingerprint density at radius 2 is 1.73 bits per heavy atom. The highest BCUT2D eigenvalue weighted by Gasteiger charge is 2.34. The summed E-state index contributed by atoms with van der Waals surface area (Å²) in [7, 11) is -1.54. The standard InChI is InChI=1S/C35H55FN6O5Si/c1-24(2)26-22-38-42-29(41(33(44)45)23-25-17-13-14-18-27(25)36)21-28(39-30(26)42)40(31(34(3,4)5)47-48(9)10)20-16-12-11-15-19-37-32(43)46-35(6,7)8/h13-14,17-18,21-22,24,31,48H,11-12,15-16,19-20,23H2,1-10H3,(H,37,43)(H,44,45)/t31-/m1/s1. The third-order valence-electron chi connectivity index (χ3n) is 7.60. The molecule has 1 atom stereocenters. The lowest BCUT2D eigenvalue weighted by Crippen LogP contribution is -2.49. The topological polar surface area (TPSA) is 122 Å². The van der Waals surface area contributed by atoms with Gasteiger partial charge in [0.05, 0.1) is 12.7 Å². The fourth-order valence-corrected chi connectivity index (χ4v) is 6.43. The van der Waals surface area contributed by atoms with E-state index in [-0.39, 0.29) is 35.5 Å². The number of alkyl carbamates (subject to hydrolysis) is 1. The van der Waals surface area contributed by atoms with Crippen LogP contribution in [0.25, 0.3) is 5.65 Å². The average Bonchev–Trinajstić information content (AvgIpc) is 3.40. The molecule has 2 amide bonds. The minimum Gasteiger partial charge on any atom is -0.465 e. The van der Waals surface area contributed by atoms with Gasteiger partial charge < -0.3 is 24.5 Å². The van der Waals surface area contributed by atoms with E-state index in [1.807, 2.05) is 34.6 Å². The van der Waals surface area contributed by atoms with E-state index in [4.69, 9.17) is 14.1 Å². The van der Waals surface area contributed by atoms with Crippen LogP contribution >= 0.6 is 0 Å². The Bertz CT molecular complexity index is 1520. The highest BCUT2D eigenvalue weighted by Crippen LogP contribution is 2.34. The smallest absolute Gasteiger partial charge is 0.413 e. The second kappa shape index (κ2) is 16.6. The Balaban J connectivity index is 2.00. The molecule has 48 heavy (non-hydrogen) atoms. The normalized spacial score (nSPS) is 12.9. The van der Waals surface area contributed by atoms with E-state index in [1.54, 1.807) is 30.5 Å². The number of amides is 2. The summed E-state index contributed by atoms with van der Waals surface area (Å²) in [5, 5.41) is 17.8. The summed E-state index contributed by atoms with van der Waals surface area (Å²) in [6, 6.07) is 7.90. The highest BCUT2D eigenvalue weighted by molar-refractivity contribution is 6.48. The van der Waals surface area contributed by atoms with Crippen LogP contribution in [-0.4, -0.2) is 65.8 Å². The number of halogens is 1. The summed E-state index contributed by atoms with van der Waals surface area (Å²) in [5.41, 5.74) is 0.829. The van der Waals surface area contributed by atoms with Crippen LogP contribution in [0.15, 0.2) is 36.5 Å². The first-order chi connectivity index (χ1) is 22.4. The van der Waals surface area contributed by atoms with Crippen LogP contribution in [0.2, 0.25) is 13.1 Å². The minimum absolute atomic E-state index is 0.0726. The number of unbranched alkanes of at least 4 members (excludes halogenated alkanes) is 3. The lowest BCUT2D eigenvalue weighted by Gasteiger charge is -2.42. The molecule has 11 nitrogen and oxygen atoms in total. The molecule has 0 aliphatic rings. The number of carbonyl (C=O) groups excluding carboxylic acids is 1. The van der Waals surface area contributed by atoms with E-state index in [2.05, 4.69) is 49.2 Å². The zero-order valence-corrected chi connectivity index (χ0v) is 31.5. The van der Waals surface area contributed by atoms with Crippen molar-refractivity contribution in [3.8, 4) is 0 Å². The van der Waals surface area contributed by atoms with Gasteiger partial charge in [0.1, 0.15) is 29.3 Å². The van der Waals surface area contributed by atoms with E-state index in [0.29, 0.717) is 24.6 Å². The first-order valence-corrected chi connectivity index (χ1v) is 19.7. The van der Waals surface area contributed by atoms with Gasteiger partial charge in [0.15, 0.2) is 14.7 Å². The van der Waals surface area contributed by atoms with Crippen LogP contribution in [0.4, 0.5) is 25.6 Å². The van der Waals surface area contributed by atoms with Crippen molar-refractivity contribution in [2.24, 2.45) is 5.41 Å². The van der Waals surface area contributed by atoms with E-state index in [0.717, 1.165) is 36.1 Å². The third-order valence-corrected chi connectivity index (χ3v) is 8.40. The largest absolute Gasteiger partial charge is 0.465 e. The number of ether oxygens (including phenoxy) is 1. The second-order valence-corrected chi connectivity index (χ2v) is 17.2. The van der Waals surface area contributed by atoms with E-state index in [1.165, 1.54) is 10.6 Å². The van der Waals surface area contributed by atoms with Gasteiger partial charge >= 0.3 is 12.2 Å². The molecule has 2 heterocycles. The first kappa shape index (κ1) is 38.7. The van der Waals surface area contributed by atoms with Gasteiger partial charge in [0, 0.05) is 35.7 Å². The van der Waals surface area contributed by atoms with E-state index < -0.39 is 32.6 Å². The number of rotatable bonds is 15. The first-order valence-electron chi connectivity index (χ1n) is 16.9. The SMILES string of the molecule is CC(C)c1cnn2c(N(Cc3ccccc3F)C(=O)O)cc(N(CCCCCCNC(=O)OC(C)(C)C)[C@H](O[SiH](C)C)C(C)(C)C)nc12. The summed E-state index contributed by atoms with van der Waals surface area (Å²) in [5.74, 6) is 0.429. The maximum atomic E-state index is 14.8. The van der Waals surface area contributed by atoms with Gasteiger partial charge in [0.25, 0.3) is 0 Å². The van der Waals surface area contributed by atoms with Gasteiger partial charge in [-0.25, -0.2) is 19.0 Å². The number of anilines is 2. The van der Waals surface area contributed by atoms with Crippen molar-refractivity contribution in [1.82, 2.24) is 19.9 Å². The molecule has 3 aromatic rings. The number of hydrogen-bond acceptors (Lipinski definition) is 7. The quantitative estimate of drug-likeness (QED) is 0.0939. The van der Waals surface area contributed by atoms with Crippen molar-refractivity contribution < 1.29 is 28.2 Å². The molecular weight excluding hydrogens is 632 g/mol. The Labute approximate surface area is 286 Å². The molecule has 0 saturated carbocycles. The van der Waals surface area contributed by atoms with Crippen LogP contribution in [0.1, 0.15) is 98.1 Å². The van der Waals surface area contributed by atoms with Gasteiger partial charge in [-0.05, 0) is 58.7 Å². The minimum atomic E-state index is -1.54. The van der Waals surface area contributed by atoms with Gasteiger partial charge in [-0.1, -0.05) is 65.7 Å². The monoisotopic (exact) mass is 686 g/mol. The van der Waals surface area contributed by atoms with Gasteiger partial charge in [0.2, 0.25) is 0 Å². The molecule has 0 spiro atoms. The molecule has 0 saturated heterocycles. The van der Waals surface area contributed by atoms with Gasteiger partial charge in [-0.3, -0.25) is 4.90 Å². The maximum Gasteiger partial charge on any atom is 0.413 e. The van der Waals surface area contributed by atoms with E-state index >= 15 is 0 Å². The Morgan fingerprint density at radius 1 is 1.06 bits per heavy atom. The molecule has 0 aliphatic heterocycles. The molecule has 0 bridgehead atoms. The molecule has 2 aromatic heterocycles. The van der Waals surface area contributed by atoms with Crippen LogP contribution < -0.4 is 15.1 Å². The number of fused-ring (bicyclic) bond motifs is 1. The Morgan fingerprint density at radius 3 is 2.31 bits per heavy atom. The molecular formula is C35H55FN6O5Si. The van der Waals surface area contributed by atoms with Crippen molar-refractivity contribution >= 4 is 38.5 Å². The van der Waals surface area contributed by atoms with Gasteiger partial charge in [-0.2, -0.15) is 9.61 Å². The number of carboxylic acid groups (broad SMARTS) is 1. The fraction of sp³-hybridized carbons (Fsp3) is 0.600. The van der Waals surface area contributed by atoms with E-state index in [9.17, 15) is 19.1 Å². The molecule has 3 rings (SSSR count). The molecule has 2 N–H and O–H groups in total. The van der Waals surface area contributed by atoms with Crippen molar-refractivity contribution in [2.45, 2.75) is 118 Å². The third kappa shape index (κ3) is 10.9. The van der Waals surface area contributed by atoms with Crippen LogP contribution in [0.5, 0.6) is 0 Å². The number of benzene rings is 1. The Kier molecular flexibility index (Phi) is 13.4. The van der Waals surface area contributed by atoms with Crippen molar-refractivity contribution in [3.63, 3.8) is 0 Å². The summed E-state index contributed by atoms with van der Waals surface area (Å²) in [6.07, 6.45) is 3.16. The Hall–Kier alpha value is -3.71. The molecule has 0 unspecified atom stereocenters. The number of nitrogens with zero attached hydrogens (tertiary/aromatic N) is 5. The number of aromatic nitrogens is 3. The molecule has 1 aromatic carbocycles. The predicted molar refractivity (Wildman–Crippen MR) is 191 cm³/mol. The zero-order valence-electron chi connectivity index (χ0n) is 30.3. The highest BCUT2D eigenvalue weighted by atomic mass is 28.3. The van der Waals surface area contributed by atoms with Crippen LogP contribution in [0, 0.1) is 11.2 Å². The van der Waals surface area contributed by atoms with Crippen molar-refractivity contribution in [3.05, 3.63) is 53.5 Å². The van der Waals surface area contributed by atoms with Crippen molar-refractivity contribution in [1.29, 1.82) is 0 Å². The summed E-state index contributed by atoms with van der Waals surface area (Å²) in [6.45, 7) is 21.2. The lowest BCUT2D eigenvalue weighted by atomic mass is 9.93. The summed E-state index contributed by atoms with van der Waals surface area (Å²) < 4.78 is 28.3. The molecule has 0 radical (unpaired) electrons. The summed E-state index contributed by atoms with van der Waals surface area (Å²) >= 11 is 0. The number of nitrogens with one attached hydrogen (secondary N) is 1. The lowest BCUT2D eigenvalue weighted by molar-refractivity contribution is 0.0526. The number of carbonyl (C=O) groups is 2. The van der Waals surface area contributed by atoms with Crippen LogP contribution in [-0.2, 0) is 15.7 Å². The molecule has 13 heteroatoms. The average molecular weight is 687 g/mol. The molecule has 266 valence electrons. The molecule has 0 fully saturated rings.